The summed E-state index contributed by atoms with van der Waals surface area (Å²) in [6, 6.07) is 12.4. The van der Waals surface area contributed by atoms with Crippen LogP contribution in [-0.2, 0) is 0 Å². The Bertz CT molecular complexity index is 1080. The summed E-state index contributed by atoms with van der Waals surface area (Å²) in [7, 11) is 0. The van der Waals surface area contributed by atoms with Gasteiger partial charge >= 0.3 is 6.03 Å². The number of carbonyl (C=O) groups excluding carboxylic acids is 2. The minimum Gasteiger partial charge on any atom is -0.324 e. The van der Waals surface area contributed by atoms with Crippen LogP contribution in [0.15, 0.2) is 48.5 Å². The molecule has 1 aliphatic heterocycles. The Hall–Kier alpha value is -3.04. The molecule has 160 valence electrons. The van der Waals surface area contributed by atoms with Crippen LogP contribution in [0, 0.1) is 5.82 Å². The maximum Gasteiger partial charge on any atom is 0.321 e. The van der Waals surface area contributed by atoms with E-state index in [0.29, 0.717) is 29.5 Å². The zero-order chi connectivity index (χ0) is 21.8. The molecule has 0 spiro atoms. The van der Waals surface area contributed by atoms with Crippen molar-refractivity contribution in [2.45, 2.75) is 18.8 Å². The van der Waals surface area contributed by atoms with Crippen LogP contribution in [-0.4, -0.2) is 40.1 Å². The fraction of sp³-hybridized carbons (Fsp3) is 0.238. The highest BCUT2D eigenvalue weighted by Crippen LogP contribution is 2.30. The molecule has 0 atom stereocenters. The molecule has 3 aromatic rings. The monoisotopic (exact) mass is 459 g/mol. The molecule has 1 fully saturated rings. The summed E-state index contributed by atoms with van der Waals surface area (Å²) in [5.74, 6) is -0.613. The van der Waals surface area contributed by atoms with E-state index in [1.54, 1.807) is 29.2 Å². The fourth-order valence-corrected chi connectivity index (χ4v) is 4.41. The van der Waals surface area contributed by atoms with Gasteiger partial charge in [0.25, 0.3) is 5.91 Å². The first kappa shape index (κ1) is 21.2. The SMILES string of the molecule is O=C(Nc1ccc(F)cc1)c1nnc(C2CCN(C(=O)Nc3cccc(Cl)c3)CC2)s1. The third-order valence-electron chi connectivity index (χ3n) is 4.94. The van der Waals surface area contributed by atoms with Gasteiger partial charge in [-0.2, -0.15) is 0 Å². The maximum absolute atomic E-state index is 13.0. The number of likely N-dealkylation sites (tertiary alicyclic amines) is 1. The van der Waals surface area contributed by atoms with Crippen LogP contribution in [0.2, 0.25) is 5.02 Å². The van der Waals surface area contributed by atoms with Gasteiger partial charge in [0, 0.05) is 35.4 Å². The zero-order valence-corrected chi connectivity index (χ0v) is 17.9. The molecule has 1 aliphatic rings. The van der Waals surface area contributed by atoms with Crippen LogP contribution in [0.1, 0.15) is 33.6 Å². The van der Waals surface area contributed by atoms with Crippen molar-refractivity contribution in [2.75, 3.05) is 23.7 Å². The van der Waals surface area contributed by atoms with Crippen LogP contribution < -0.4 is 10.6 Å². The van der Waals surface area contributed by atoms with Gasteiger partial charge in [0.1, 0.15) is 10.8 Å². The normalized spacial score (nSPS) is 14.3. The second-order valence-corrected chi connectivity index (χ2v) is 8.55. The molecule has 10 heteroatoms. The van der Waals surface area contributed by atoms with Crippen molar-refractivity contribution in [2.24, 2.45) is 0 Å². The predicted molar refractivity (Wildman–Crippen MR) is 118 cm³/mol. The summed E-state index contributed by atoms with van der Waals surface area (Å²) < 4.78 is 13.0. The van der Waals surface area contributed by atoms with Crippen molar-refractivity contribution >= 4 is 46.3 Å². The van der Waals surface area contributed by atoms with E-state index in [9.17, 15) is 14.0 Å². The third kappa shape index (κ3) is 5.36. The van der Waals surface area contributed by atoms with Crippen molar-refractivity contribution in [1.82, 2.24) is 15.1 Å². The summed E-state index contributed by atoms with van der Waals surface area (Å²) in [5, 5.41) is 15.3. The first-order chi connectivity index (χ1) is 15.0. The van der Waals surface area contributed by atoms with Crippen LogP contribution >= 0.6 is 22.9 Å². The second kappa shape index (κ2) is 9.40. The highest BCUT2D eigenvalue weighted by atomic mass is 35.5. The highest BCUT2D eigenvalue weighted by Gasteiger charge is 2.27. The van der Waals surface area contributed by atoms with Crippen molar-refractivity contribution < 1.29 is 14.0 Å². The molecule has 1 saturated heterocycles. The largest absolute Gasteiger partial charge is 0.324 e. The van der Waals surface area contributed by atoms with E-state index < -0.39 is 0 Å². The number of amides is 3. The van der Waals surface area contributed by atoms with Crippen LogP contribution in [0.3, 0.4) is 0 Å². The van der Waals surface area contributed by atoms with Gasteiger partial charge in [-0.3, -0.25) is 4.79 Å². The summed E-state index contributed by atoms with van der Waals surface area (Å²) in [6.07, 6.45) is 1.47. The number of nitrogens with zero attached hydrogens (tertiary/aromatic N) is 3. The summed E-state index contributed by atoms with van der Waals surface area (Å²) in [5.41, 5.74) is 1.14. The predicted octanol–water partition coefficient (Wildman–Crippen LogP) is 4.99. The number of aromatic nitrogens is 2. The van der Waals surface area contributed by atoms with Crippen molar-refractivity contribution in [1.29, 1.82) is 0 Å². The number of nitrogens with one attached hydrogen (secondary N) is 2. The van der Waals surface area contributed by atoms with Crippen LogP contribution in [0.4, 0.5) is 20.6 Å². The van der Waals surface area contributed by atoms with E-state index in [-0.39, 0.29) is 28.7 Å². The Balaban J connectivity index is 1.31. The molecular weight excluding hydrogens is 441 g/mol. The zero-order valence-electron chi connectivity index (χ0n) is 16.3. The number of rotatable bonds is 4. The van der Waals surface area contributed by atoms with Crippen LogP contribution in [0.25, 0.3) is 0 Å². The van der Waals surface area contributed by atoms with E-state index in [0.717, 1.165) is 17.8 Å². The van der Waals surface area contributed by atoms with Gasteiger partial charge in [0.2, 0.25) is 5.01 Å². The van der Waals surface area contributed by atoms with Gasteiger partial charge in [0.15, 0.2) is 0 Å². The van der Waals surface area contributed by atoms with Gasteiger partial charge < -0.3 is 15.5 Å². The van der Waals surface area contributed by atoms with Gasteiger partial charge in [-0.15, -0.1) is 10.2 Å². The number of anilines is 2. The Morgan fingerprint density at radius 2 is 1.77 bits per heavy atom. The van der Waals surface area contributed by atoms with Gasteiger partial charge in [-0.05, 0) is 55.3 Å². The number of urea groups is 1. The lowest BCUT2D eigenvalue weighted by Gasteiger charge is -2.31. The molecule has 4 rings (SSSR count). The van der Waals surface area contributed by atoms with Gasteiger partial charge in [-0.1, -0.05) is 29.0 Å². The van der Waals surface area contributed by atoms with E-state index in [1.807, 2.05) is 0 Å². The molecule has 31 heavy (non-hydrogen) atoms. The molecule has 2 aromatic carbocycles. The van der Waals surface area contributed by atoms with Crippen LogP contribution in [0.5, 0.6) is 0 Å². The maximum atomic E-state index is 13.0. The standard InChI is InChI=1S/C21H19ClFN5O2S/c22-14-2-1-3-17(12-14)25-21(30)28-10-8-13(9-11-28)19-26-27-20(31-19)18(29)24-16-6-4-15(23)5-7-16/h1-7,12-13H,8-11H2,(H,24,29)(H,25,30). The molecule has 2 heterocycles. The number of benzene rings is 2. The number of hydrogen-bond donors (Lipinski definition) is 2. The second-order valence-electron chi connectivity index (χ2n) is 7.11. The Kier molecular flexibility index (Phi) is 6.43. The fourth-order valence-electron chi connectivity index (χ4n) is 3.31. The van der Waals surface area contributed by atoms with E-state index in [4.69, 9.17) is 11.6 Å². The smallest absolute Gasteiger partial charge is 0.321 e. The quantitative estimate of drug-likeness (QED) is 0.575. The molecule has 0 bridgehead atoms. The van der Waals surface area contributed by atoms with E-state index >= 15 is 0 Å². The molecule has 1 aromatic heterocycles. The first-order valence-corrected chi connectivity index (χ1v) is 10.9. The number of hydrogen-bond acceptors (Lipinski definition) is 5. The Morgan fingerprint density at radius 3 is 2.48 bits per heavy atom. The lowest BCUT2D eigenvalue weighted by Crippen LogP contribution is -2.40. The minimum atomic E-state index is -0.381. The lowest BCUT2D eigenvalue weighted by atomic mass is 9.98. The van der Waals surface area contributed by atoms with Crippen molar-refractivity contribution in [3.05, 3.63) is 69.4 Å². The lowest BCUT2D eigenvalue weighted by molar-refractivity contribution is 0.102. The number of carbonyl (C=O) groups is 2. The van der Waals surface area contributed by atoms with E-state index in [1.165, 1.54) is 35.6 Å². The molecule has 2 N–H and O–H groups in total. The molecule has 3 amide bonds. The number of halogens is 2. The van der Waals surface area contributed by atoms with E-state index in [2.05, 4.69) is 20.8 Å². The Labute approximate surface area is 187 Å². The average Bonchev–Trinajstić information content (AvgIpc) is 3.26. The average molecular weight is 460 g/mol. The van der Waals surface area contributed by atoms with Crippen molar-refractivity contribution in [3.8, 4) is 0 Å². The molecular formula is C21H19ClFN5O2S. The van der Waals surface area contributed by atoms with Gasteiger partial charge in [0.05, 0.1) is 0 Å². The molecule has 0 aliphatic carbocycles. The topological polar surface area (TPSA) is 87.2 Å². The summed E-state index contributed by atoms with van der Waals surface area (Å²) in [6.45, 7) is 1.15. The third-order valence-corrected chi connectivity index (χ3v) is 6.26. The van der Waals surface area contributed by atoms with Crippen molar-refractivity contribution in [3.63, 3.8) is 0 Å². The molecule has 0 saturated carbocycles. The minimum absolute atomic E-state index is 0.139. The summed E-state index contributed by atoms with van der Waals surface area (Å²) in [4.78, 5) is 26.6. The highest BCUT2D eigenvalue weighted by molar-refractivity contribution is 7.13. The number of piperidine rings is 1. The molecule has 0 radical (unpaired) electrons. The molecule has 0 unspecified atom stereocenters. The summed E-state index contributed by atoms with van der Waals surface area (Å²) >= 11 is 7.20. The van der Waals surface area contributed by atoms with Gasteiger partial charge in [-0.25, -0.2) is 9.18 Å². The molecule has 7 nitrogen and oxygen atoms in total. The Morgan fingerprint density at radius 1 is 1.03 bits per heavy atom. The first-order valence-electron chi connectivity index (χ1n) is 9.70.